The Kier molecular flexibility index (Phi) is 5.40. The van der Waals surface area contributed by atoms with Crippen LogP contribution in [-0.2, 0) is 4.79 Å². The van der Waals surface area contributed by atoms with Gasteiger partial charge in [-0.3, -0.25) is 0 Å². The lowest BCUT2D eigenvalue weighted by molar-refractivity contribution is -0.143. The molecule has 6 nitrogen and oxygen atoms in total. The molecular weight excluding hydrogens is 236 g/mol. The summed E-state index contributed by atoms with van der Waals surface area (Å²) in [5.74, 6) is -0.938. The third-order valence-corrected chi connectivity index (χ3v) is 3.24. The Morgan fingerprint density at radius 3 is 2.67 bits per heavy atom. The van der Waals surface area contributed by atoms with Gasteiger partial charge in [-0.1, -0.05) is 0 Å². The van der Waals surface area contributed by atoms with Crippen LogP contribution >= 0.6 is 0 Å². The highest BCUT2D eigenvalue weighted by molar-refractivity contribution is 5.82. The first-order chi connectivity index (χ1) is 8.43. The molecule has 0 aromatic heterocycles. The number of carbonyl (C=O) groups excluding carboxylic acids is 1. The third kappa shape index (κ3) is 3.87. The number of carbonyl (C=O) groups is 2. The minimum atomic E-state index is -0.938. The average Bonchev–Trinajstić information content (AvgIpc) is 2.34. The van der Waals surface area contributed by atoms with Crippen molar-refractivity contribution in [2.75, 3.05) is 20.1 Å². The summed E-state index contributed by atoms with van der Waals surface area (Å²) < 4.78 is 0. The van der Waals surface area contributed by atoms with Crippen LogP contribution in [0.4, 0.5) is 4.79 Å². The number of aliphatic carboxylic acids is 1. The van der Waals surface area contributed by atoms with Crippen molar-refractivity contribution >= 4 is 12.0 Å². The first-order valence-electron chi connectivity index (χ1n) is 6.36. The van der Waals surface area contributed by atoms with Gasteiger partial charge >= 0.3 is 12.0 Å². The van der Waals surface area contributed by atoms with Crippen LogP contribution in [0.1, 0.15) is 32.6 Å². The second kappa shape index (κ2) is 6.58. The van der Waals surface area contributed by atoms with E-state index in [0.29, 0.717) is 25.9 Å². The van der Waals surface area contributed by atoms with Gasteiger partial charge in [0.25, 0.3) is 0 Å². The molecule has 1 saturated heterocycles. The van der Waals surface area contributed by atoms with Gasteiger partial charge < -0.3 is 20.0 Å². The molecule has 0 aromatic rings. The number of amides is 2. The van der Waals surface area contributed by atoms with E-state index < -0.39 is 18.1 Å². The van der Waals surface area contributed by atoms with Crippen molar-refractivity contribution in [3.05, 3.63) is 0 Å². The van der Waals surface area contributed by atoms with Crippen molar-refractivity contribution in [3.8, 4) is 0 Å². The highest BCUT2D eigenvalue weighted by Gasteiger charge is 2.33. The standard InChI is InChI=1S/C12H22N2O4/c1-9(15)6-8-13(2)12(18)14-7-4-3-5-10(14)11(16)17/h9-10,15H,3-8H2,1-2H3,(H,16,17). The molecule has 0 radical (unpaired) electrons. The topological polar surface area (TPSA) is 81.1 Å². The molecular formula is C12H22N2O4. The quantitative estimate of drug-likeness (QED) is 0.779. The Morgan fingerprint density at radius 2 is 2.11 bits per heavy atom. The molecule has 104 valence electrons. The second-order valence-corrected chi connectivity index (χ2v) is 4.89. The smallest absolute Gasteiger partial charge is 0.326 e. The molecule has 1 fully saturated rings. The fraction of sp³-hybridized carbons (Fsp3) is 0.833. The van der Waals surface area contributed by atoms with Crippen LogP contribution in [0.15, 0.2) is 0 Å². The lowest BCUT2D eigenvalue weighted by Crippen LogP contribution is -2.52. The largest absolute Gasteiger partial charge is 0.480 e. The van der Waals surface area contributed by atoms with Crippen molar-refractivity contribution in [2.45, 2.75) is 44.8 Å². The predicted molar refractivity (Wildman–Crippen MR) is 66.3 cm³/mol. The number of rotatable bonds is 4. The number of aliphatic hydroxyl groups excluding tert-OH is 1. The first-order valence-corrected chi connectivity index (χ1v) is 6.36. The van der Waals surface area contributed by atoms with Crippen LogP contribution in [0.5, 0.6) is 0 Å². The summed E-state index contributed by atoms with van der Waals surface area (Å²) in [6.07, 6.45) is 2.24. The summed E-state index contributed by atoms with van der Waals surface area (Å²) in [6.45, 7) is 2.59. The summed E-state index contributed by atoms with van der Waals surface area (Å²) in [6, 6.07) is -0.969. The third-order valence-electron chi connectivity index (χ3n) is 3.24. The van der Waals surface area contributed by atoms with Gasteiger partial charge in [0.2, 0.25) is 0 Å². The fourth-order valence-corrected chi connectivity index (χ4v) is 2.11. The lowest BCUT2D eigenvalue weighted by Gasteiger charge is -2.35. The van der Waals surface area contributed by atoms with Crippen LogP contribution < -0.4 is 0 Å². The van der Waals surface area contributed by atoms with Gasteiger partial charge in [-0.15, -0.1) is 0 Å². The van der Waals surface area contributed by atoms with Gasteiger partial charge in [0.1, 0.15) is 6.04 Å². The number of aliphatic hydroxyl groups is 1. The maximum atomic E-state index is 12.1. The zero-order chi connectivity index (χ0) is 13.7. The van der Waals surface area contributed by atoms with Crippen molar-refractivity contribution in [3.63, 3.8) is 0 Å². The fourth-order valence-electron chi connectivity index (χ4n) is 2.11. The molecule has 1 heterocycles. The number of piperidine rings is 1. The molecule has 2 unspecified atom stereocenters. The van der Waals surface area contributed by atoms with Crippen molar-refractivity contribution < 1.29 is 19.8 Å². The van der Waals surface area contributed by atoms with Crippen molar-refractivity contribution in [2.24, 2.45) is 0 Å². The second-order valence-electron chi connectivity index (χ2n) is 4.89. The van der Waals surface area contributed by atoms with E-state index in [1.54, 1.807) is 14.0 Å². The van der Waals surface area contributed by atoms with E-state index in [1.807, 2.05) is 0 Å². The molecule has 2 amide bonds. The Balaban J connectivity index is 2.59. The summed E-state index contributed by atoms with van der Waals surface area (Å²) in [4.78, 5) is 26.1. The molecule has 0 bridgehead atoms. The molecule has 0 saturated carbocycles. The minimum Gasteiger partial charge on any atom is -0.480 e. The Morgan fingerprint density at radius 1 is 1.44 bits per heavy atom. The predicted octanol–water partition coefficient (Wildman–Crippen LogP) is 0.748. The number of likely N-dealkylation sites (tertiary alicyclic amines) is 1. The van der Waals surface area contributed by atoms with E-state index in [-0.39, 0.29) is 6.03 Å². The zero-order valence-corrected chi connectivity index (χ0v) is 11.0. The first kappa shape index (κ1) is 14.8. The van der Waals surface area contributed by atoms with Gasteiger partial charge in [-0.2, -0.15) is 0 Å². The molecule has 1 rings (SSSR count). The van der Waals surface area contributed by atoms with E-state index in [9.17, 15) is 14.7 Å². The number of nitrogens with zero attached hydrogens (tertiary/aromatic N) is 2. The van der Waals surface area contributed by atoms with Gasteiger partial charge in [0, 0.05) is 20.1 Å². The Labute approximate surface area is 107 Å². The van der Waals surface area contributed by atoms with Gasteiger partial charge in [-0.05, 0) is 32.6 Å². The molecule has 1 aliphatic heterocycles. The van der Waals surface area contributed by atoms with Gasteiger partial charge in [0.15, 0.2) is 0 Å². The normalized spacial score (nSPS) is 21.5. The van der Waals surface area contributed by atoms with E-state index in [2.05, 4.69) is 0 Å². The zero-order valence-electron chi connectivity index (χ0n) is 11.0. The van der Waals surface area contributed by atoms with Gasteiger partial charge in [0.05, 0.1) is 6.10 Å². The Bertz CT molecular complexity index is 306. The van der Waals surface area contributed by atoms with E-state index in [1.165, 1.54) is 9.80 Å². The lowest BCUT2D eigenvalue weighted by atomic mass is 10.0. The highest BCUT2D eigenvalue weighted by Crippen LogP contribution is 2.18. The monoisotopic (exact) mass is 258 g/mol. The number of carboxylic acids is 1. The van der Waals surface area contributed by atoms with Crippen LogP contribution in [0, 0.1) is 0 Å². The maximum absolute atomic E-state index is 12.1. The van der Waals surface area contributed by atoms with Gasteiger partial charge in [-0.25, -0.2) is 9.59 Å². The van der Waals surface area contributed by atoms with Crippen molar-refractivity contribution in [1.82, 2.24) is 9.80 Å². The number of hydrogen-bond acceptors (Lipinski definition) is 3. The number of hydrogen-bond donors (Lipinski definition) is 2. The molecule has 1 aliphatic rings. The molecule has 2 N–H and O–H groups in total. The van der Waals surface area contributed by atoms with E-state index >= 15 is 0 Å². The summed E-state index contributed by atoms with van der Waals surface area (Å²) in [7, 11) is 1.64. The summed E-state index contributed by atoms with van der Waals surface area (Å²) in [5.41, 5.74) is 0. The molecule has 0 aliphatic carbocycles. The minimum absolute atomic E-state index is 0.261. The van der Waals surface area contributed by atoms with E-state index in [4.69, 9.17) is 5.11 Å². The Hall–Kier alpha value is -1.30. The molecule has 6 heteroatoms. The van der Waals surface area contributed by atoms with E-state index in [0.717, 1.165) is 12.8 Å². The SMILES string of the molecule is CC(O)CCN(C)C(=O)N1CCCCC1C(=O)O. The average molecular weight is 258 g/mol. The highest BCUT2D eigenvalue weighted by atomic mass is 16.4. The van der Waals surface area contributed by atoms with Crippen LogP contribution in [0.3, 0.4) is 0 Å². The van der Waals surface area contributed by atoms with Crippen LogP contribution in [0.25, 0.3) is 0 Å². The van der Waals surface area contributed by atoms with Crippen molar-refractivity contribution in [1.29, 1.82) is 0 Å². The number of urea groups is 1. The molecule has 0 spiro atoms. The molecule has 18 heavy (non-hydrogen) atoms. The van der Waals surface area contributed by atoms with Crippen LogP contribution in [-0.4, -0.2) is 64.3 Å². The summed E-state index contributed by atoms with van der Waals surface area (Å²) >= 11 is 0. The summed E-state index contributed by atoms with van der Waals surface area (Å²) in [5, 5.41) is 18.3. The molecule has 0 aromatic carbocycles. The van der Waals surface area contributed by atoms with Crippen LogP contribution in [0.2, 0.25) is 0 Å². The molecule has 2 atom stereocenters. The number of carboxylic acid groups (broad SMARTS) is 1. The maximum Gasteiger partial charge on any atom is 0.326 e.